The number of nitrogens with zero attached hydrogens (tertiary/aromatic N) is 1. The van der Waals surface area contributed by atoms with Crippen LogP contribution in [-0.2, 0) is 26.5 Å². The Hall–Kier alpha value is -1.58. The number of nitrogens with one attached hydrogen (secondary N) is 1. The lowest BCUT2D eigenvalue weighted by Gasteiger charge is -2.29. The van der Waals surface area contributed by atoms with Gasteiger partial charge >= 0.3 is 0 Å². The Bertz CT molecular complexity index is 1000. The molecule has 0 amide bonds. The molecule has 25 heavy (non-hydrogen) atoms. The molecular formula is C16H17BrN2O4S2. The highest BCUT2D eigenvalue weighted by molar-refractivity contribution is 9.10. The number of anilines is 2. The highest BCUT2D eigenvalue weighted by Gasteiger charge is 2.25. The lowest BCUT2D eigenvalue weighted by Crippen LogP contribution is -2.34. The predicted octanol–water partition coefficient (Wildman–Crippen LogP) is 2.96. The van der Waals surface area contributed by atoms with Crippen LogP contribution in [0.15, 0.2) is 51.8 Å². The maximum Gasteiger partial charge on any atom is 0.261 e. The van der Waals surface area contributed by atoms with Gasteiger partial charge in [0.2, 0.25) is 10.0 Å². The SMILES string of the molecule is CS(=O)(=O)N1CCCc2ccc(NS(=O)(=O)c3ccc(Br)cc3)cc21. The molecule has 0 bridgehead atoms. The first-order valence-electron chi connectivity index (χ1n) is 7.56. The van der Waals surface area contributed by atoms with E-state index in [1.165, 1.54) is 16.4 Å². The minimum Gasteiger partial charge on any atom is -0.280 e. The average Bonchev–Trinajstić information content (AvgIpc) is 2.53. The fourth-order valence-electron chi connectivity index (χ4n) is 2.78. The zero-order valence-electron chi connectivity index (χ0n) is 13.4. The smallest absolute Gasteiger partial charge is 0.261 e. The summed E-state index contributed by atoms with van der Waals surface area (Å²) >= 11 is 3.27. The Morgan fingerprint density at radius 1 is 1.04 bits per heavy atom. The van der Waals surface area contributed by atoms with Crippen LogP contribution >= 0.6 is 15.9 Å². The van der Waals surface area contributed by atoms with Crippen molar-refractivity contribution in [1.82, 2.24) is 0 Å². The Kier molecular flexibility index (Phi) is 4.82. The van der Waals surface area contributed by atoms with Crippen molar-refractivity contribution in [3.63, 3.8) is 0 Å². The number of aryl methyl sites for hydroxylation is 1. The second kappa shape index (κ2) is 6.62. The van der Waals surface area contributed by atoms with Gasteiger partial charge in [0.25, 0.3) is 10.0 Å². The van der Waals surface area contributed by atoms with E-state index in [0.29, 0.717) is 17.9 Å². The lowest BCUT2D eigenvalue weighted by molar-refractivity contribution is 0.592. The van der Waals surface area contributed by atoms with Gasteiger partial charge in [-0.25, -0.2) is 16.8 Å². The third-order valence-electron chi connectivity index (χ3n) is 3.94. The number of benzene rings is 2. The number of hydrogen-bond acceptors (Lipinski definition) is 4. The minimum absolute atomic E-state index is 0.133. The molecule has 1 aliphatic heterocycles. The molecule has 9 heteroatoms. The van der Waals surface area contributed by atoms with Gasteiger partial charge in [0.05, 0.1) is 22.5 Å². The molecule has 2 aromatic carbocycles. The van der Waals surface area contributed by atoms with E-state index in [1.54, 1.807) is 30.3 Å². The van der Waals surface area contributed by atoms with Gasteiger partial charge in [-0.2, -0.15) is 0 Å². The third kappa shape index (κ3) is 3.99. The maximum absolute atomic E-state index is 12.5. The molecule has 0 radical (unpaired) electrons. The summed E-state index contributed by atoms with van der Waals surface area (Å²) in [5, 5.41) is 0. The van der Waals surface area contributed by atoms with Crippen LogP contribution in [0.3, 0.4) is 0 Å². The molecule has 0 unspecified atom stereocenters. The van der Waals surface area contributed by atoms with E-state index >= 15 is 0 Å². The van der Waals surface area contributed by atoms with Gasteiger partial charge in [-0.1, -0.05) is 22.0 Å². The molecule has 2 aromatic rings. The van der Waals surface area contributed by atoms with E-state index < -0.39 is 20.0 Å². The molecule has 134 valence electrons. The van der Waals surface area contributed by atoms with Crippen LogP contribution in [0.1, 0.15) is 12.0 Å². The zero-order valence-corrected chi connectivity index (χ0v) is 16.7. The molecule has 1 heterocycles. The molecular weight excluding hydrogens is 428 g/mol. The van der Waals surface area contributed by atoms with Crippen molar-refractivity contribution in [2.75, 3.05) is 21.8 Å². The quantitative estimate of drug-likeness (QED) is 0.785. The first kappa shape index (κ1) is 18.2. The second-order valence-corrected chi connectivity index (χ2v) is 10.3. The average molecular weight is 445 g/mol. The molecule has 3 rings (SSSR count). The predicted molar refractivity (Wildman–Crippen MR) is 102 cm³/mol. The van der Waals surface area contributed by atoms with E-state index in [1.807, 2.05) is 0 Å². The van der Waals surface area contributed by atoms with Gasteiger partial charge in [-0.15, -0.1) is 0 Å². The summed E-state index contributed by atoms with van der Waals surface area (Å²) in [5.41, 5.74) is 1.75. The number of halogens is 1. The Balaban J connectivity index is 1.95. The van der Waals surface area contributed by atoms with Gasteiger partial charge in [0.1, 0.15) is 0 Å². The summed E-state index contributed by atoms with van der Waals surface area (Å²) < 4.78 is 53.6. The fraction of sp³-hybridized carbons (Fsp3) is 0.250. The molecule has 1 N–H and O–H groups in total. The summed E-state index contributed by atoms with van der Waals surface area (Å²) in [7, 11) is -7.15. The van der Waals surface area contributed by atoms with Gasteiger partial charge in [0.15, 0.2) is 0 Å². The molecule has 1 aliphatic rings. The molecule has 0 saturated heterocycles. The third-order valence-corrected chi connectivity index (χ3v) is 7.04. The topological polar surface area (TPSA) is 83.6 Å². The summed E-state index contributed by atoms with van der Waals surface area (Å²) in [6, 6.07) is 11.3. The molecule has 6 nitrogen and oxygen atoms in total. The fourth-order valence-corrected chi connectivity index (χ4v) is 5.08. The van der Waals surface area contributed by atoms with Crippen LogP contribution in [0.4, 0.5) is 11.4 Å². The highest BCUT2D eigenvalue weighted by atomic mass is 79.9. The van der Waals surface area contributed by atoms with Crippen LogP contribution in [0, 0.1) is 0 Å². The Morgan fingerprint density at radius 3 is 2.36 bits per heavy atom. The second-order valence-electron chi connectivity index (χ2n) is 5.84. The van der Waals surface area contributed by atoms with E-state index in [0.717, 1.165) is 29.1 Å². The van der Waals surface area contributed by atoms with Crippen LogP contribution in [0.5, 0.6) is 0 Å². The van der Waals surface area contributed by atoms with Crippen LogP contribution in [0.25, 0.3) is 0 Å². The summed E-state index contributed by atoms with van der Waals surface area (Å²) in [4.78, 5) is 0.133. The first-order valence-corrected chi connectivity index (χ1v) is 11.7. The van der Waals surface area contributed by atoms with E-state index in [2.05, 4.69) is 20.7 Å². The number of sulfonamides is 2. The van der Waals surface area contributed by atoms with Crippen molar-refractivity contribution in [3.05, 3.63) is 52.5 Å². The summed E-state index contributed by atoms with van der Waals surface area (Å²) in [5.74, 6) is 0. The number of hydrogen-bond donors (Lipinski definition) is 1. The van der Waals surface area contributed by atoms with Crippen molar-refractivity contribution in [1.29, 1.82) is 0 Å². The maximum atomic E-state index is 12.5. The standard InChI is InChI=1S/C16H17BrN2O4S2/c1-24(20,21)19-10-2-3-12-4-7-14(11-16(12)19)18-25(22,23)15-8-5-13(17)6-9-15/h4-9,11,18H,2-3,10H2,1H3. The van der Waals surface area contributed by atoms with Crippen molar-refractivity contribution in [2.24, 2.45) is 0 Å². The normalized spacial score (nSPS) is 14.9. The van der Waals surface area contributed by atoms with Gasteiger partial charge < -0.3 is 0 Å². The minimum atomic E-state index is -3.75. The van der Waals surface area contributed by atoms with Crippen LogP contribution < -0.4 is 9.03 Å². The van der Waals surface area contributed by atoms with Crippen molar-refractivity contribution in [3.8, 4) is 0 Å². The summed E-state index contributed by atoms with van der Waals surface area (Å²) in [6.45, 7) is 0.398. The molecule has 0 aliphatic carbocycles. The Morgan fingerprint density at radius 2 is 1.72 bits per heavy atom. The number of fused-ring (bicyclic) bond motifs is 1. The van der Waals surface area contributed by atoms with Crippen molar-refractivity contribution < 1.29 is 16.8 Å². The van der Waals surface area contributed by atoms with Gasteiger partial charge in [-0.05, 0) is 54.8 Å². The van der Waals surface area contributed by atoms with E-state index in [-0.39, 0.29) is 4.90 Å². The lowest BCUT2D eigenvalue weighted by atomic mass is 10.0. The van der Waals surface area contributed by atoms with Gasteiger partial charge in [-0.3, -0.25) is 9.03 Å². The largest absolute Gasteiger partial charge is 0.280 e. The van der Waals surface area contributed by atoms with Crippen LogP contribution in [-0.4, -0.2) is 29.6 Å². The molecule has 0 fully saturated rings. The van der Waals surface area contributed by atoms with Crippen LogP contribution in [0.2, 0.25) is 0 Å². The van der Waals surface area contributed by atoms with Crippen molar-refractivity contribution in [2.45, 2.75) is 17.7 Å². The zero-order chi connectivity index (χ0) is 18.2. The highest BCUT2D eigenvalue weighted by Crippen LogP contribution is 2.32. The van der Waals surface area contributed by atoms with E-state index in [4.69, 9.17) is 0 Å². The molecule has 0 saturated carbocycles. The molecule has 0 spiro atoms. The molecule has 0 atom stereocenters. The van der Waals surface area contributed by atoms with Gasteiger partial charge in [0, 0.05) is 11.0 Å². The monoisotopic (exact) mass is 444 g/mol. The van der Waals surface area contributed by atoms with Crippen molar-refractivity contribution >= 4 is 47.4 Å². The molecule has 0 aromatic heterocycles. The Labute approximate surface area is 156 Å². The summed E-state index contributed by atoms with van der Waals surface area (Å²) in [6.07, 6.45) is 2.66. The number of rotatable bonds is 4. The van der Waals surface area contributed by atoms with E-state index in [9.17, 15) is 16.8 Å². The first-order chi connectivity index (χ1) is 11.7.